The molecule has 2 aliphatic rings. The van der Waals surface area contributed by atoms with Crippen LogP contribution in [0.5, 0.6) is 5.75 Å². The number of amides is 1. The molecule has 1 N–H and O–H groups in total. The Kier molecular flexibility index (Phi) is 6.34. The molecule has 1 fully saturated rings. The number of nitrogens with zero attached hydrogens (tertiary/aromatic N) is 5. The number of ether oxygens (including phenoxy) is 2. The smallest absolute Gasteiger partial charge is 0.410 e. The number of piperidine rings is 1. The van der Waals surface area contributed by atoms with E-state index in [2.05, 4.69) is 25.2 Å². The number of rotatable bonds is 3. The summed E-state index contributed by atoms with van der Waals surface area (Å²) in [5, 5.41) is 3.38. The van der Waals surface area contributed by atoms with Crippen LogP contribution in [0.4, 0.5) is 22.1 Å². The number of carbonyl (C=O) groups excluding carboxylic acids is 1. The Bertz CT molecular complexity index is 953. The molecular weight excluding hydrogens is 408 g/mol. The van der Waals surface area contributed by atoms with Crippen LogP contribution in [0.25, 0.3) is 0 Å². The van der Waals surface area contributed by atoms with Crippen molar-refractivity contribution in [2.75, 3.05) is 36.5 Å². The highest BCUT2D eigenvalue weighted by Gasteiger charge is 2.33. The first-order chi connectivity index (χ1) is 15.3. The van der Waals surface area contributed by atoms with Crippen LogP contribution in [-0.2, 0) is 4.74 Å². The molecule has 32 heavy (non-hydrogen) atoms. The van der Waals surface area contributed by atoms with Crippen molar-refractivity contribution in [3.8, 4) is 5.75 Å². The Labute approximate surface area is 189 Å². The average Bonchev–Trinajstić information content (AvgIpc) is 2.98. The van der Waals surface area contributed by atoms with Gasteiger partial charge in [0.1, 0.15) is 11.9 Å². The largest absolute Gasteiger partial charge is 0.486 e. The Morgan fingerprint density at radius 3 is 2.72 bits per heavy atom. The number of anilines is 3. The van der Waals surface area contributed by atoms with Crippen LogP contribution in [0.2, 0.25) is 0 Å². The Hall–Kier alpha value is -3.10. The van der Waals surface area contributed by atoms with Gasteiger partial charge in [-0.25, -0.2) is 14.8 Å². The minimum Gasteiger partial charge on any atom is -0.486 e. The zero-order valence-corrected chi connectivity index (χ0v) is 19.3. The highest BCUT2D eigenvalue weighted by molar-refractivity contribution is 5.72. The van der Waals surface area contributed by atoms with Gasteiger partial charge in [0, 0.05) is 43.8 Å². The van der Waals surface area contributed by atoms with Crippen LogP contribution in [0.1, 0.15) is 45.6 Å². The number of aryl methyl sites for hydroxylation is 1. The molecule has 4 rings (SSSR count). The third-order valence-electron chi connectivity index (χ3n) is 5.68. The zero-order valence-electron chi connectivity index (χ0n) is 19.3. The Balaban J connectivity index is 1.50. The normalized spacial score (nSPS) is 17.2. The summed E-state index contributed by atoms with van der Waals surface area (Å²) in [5.41, 5.74) is 1.48. The predicted octanol–water partition coefficient (Wildman–Crippen LogP) is 3.91. The van der Waals surface area contributed by atoms with Gasteiger partial charge in [0.25, 0.3) is 0 Å². The summed E-state index contributed by atoms with van der Waals surface area (Å²) in [7, 11) is 0. The van der Waals surface area contributed by atoms with E-state index in [-0.39, 0.29) is 12.1 Å². The molecule has 9 nitrogen and oxygen atoms in total. The van der Waals surface area contributed by atoms with Crippen LogP contribution in [0.3, 0.4) is 0 Å². The van der Waals surface area contributed by atoms with Gasteiger partial charge in [-0.3, -0.25) is 4.98 Å². The molecule has 0 spiro atoms. The molecule has 0 atom stereocenters. The summed E-state index contributed by atoms with van der Waals surface area (Å²) < 4.78 is 11.6. The first kappa shape index (κ1) is 22.1. The molecule has 9 heteroatoms. The van der Waals surface area contributed by atoms with Crippen LogP contribution in [0.15, 0.2) is 24.8 Å². The van der Waals surface area contributed by atoms with Crippen molar-refractivity contribution in [3.05, 3.63) is 30.4 Å². The number of aromatic nitrogens is 3. The first-order valence-corrected chi connectivity index (χ1v) is 11.2. The van der Waals surface area contributed by atoms with Crippen molar-refractivity contribution in [1.29, 1.82) is 0 Å². The van der Waals surface area contributed by atoms with Gasteiger partial charge >= 0.3 is 6.09 Å². The standard InChI is InChI=1S/C23H32N6O3/c1-16-14-24-9-6-18(16)27-20-19-21(26-15-25-20)29(10-5-13-31-19)17-7-11-28(12-8-17)22(30)32-23(2,3)4/h6,9,14-15,17H,5,7-8,10-13H2,1-4H3,(H,24,25,26,27). The highest BCUT2D eigenvalue weighted by Crippen LogP contribution is 2.38. The van der Waals surface area contributed by atoms with E-state index in [4.69, 9.17) is 9.47 Å². The number of likely N-dealkylation sites (tertiary alicyclic amines) is 1. The second kappa shape index (κ2) is 9.18. The number of hydrogen-bond acceptors (Lipinski definition) is 8. The van der Waals surface area contributed by atoms with Crippen molar-refractivity contribution in [2.24, 2.45) is 0 Å². The molecule has 0 saturated carbocycles. The van der Waals surface area contributed by atoms with E-state index in [1.165, 1.54) is 0 Å². The maximum atomic E-state index is 12.4. The van der Waals surface area contributed by atoms with Gasteiger partial charge in [-0.2, -0.15) is 0 Å². The lowest BCUT2D eigenvalue weighted by Gasteiger charge is -2.39. The van der Waals surface area contributed by atoms with Gasteiger partial charge in [0.15, 0.2) is 11.6 Å². The summed E-state index contributed by atoms with van der Waals surface area (Å²) in [6.45, 7) is 10.5. The van der Waals surface area contributed by atoms with Gasteiger partial charge in [0.2, 0.25) is 5.75 Å². The maximum absolute atomic E-state index is 12.4. The van der Waals surface area contributed by atoms with Crippen LogP contribution in [-0.4, -0.2) is 63.8 Å². The van der Waals surface area contributed by atoms with Gasteiger partial charge in [-0.1, -0.05) is 0 Å². The molecule has 1 amide bonds. The number of pyridine rings is 1. The summed E-state index contributed by atoms with van der Waals surface area (Å²) in [6.07, 6.45) is 7.52. The molecule has 2 aliphatic heterocycles. The van der Waals surface area contributed by atoms with E-state index >= 15 is 0 Å². The third kappa shape index (κ3) is 5.03. The van der Waals surface area contributed by atoms with E-state index in [0.717, 1.165) is 42.9 Å². The monoisotopic (exact) mass is 440 g/mol. The van der Waals surface area contributed by atoms with Crippen molar-refractivity contribution in [2.45, 2.75) is 58.6 Å². The number of nitrogens with one attached hydrogen (secondary N) is 1. The number of carbonyl (C=O) groups is 1. The first-order valence-electron chi connectivity index (χ1n) is 11.2. The second-order valence-electron chi connectivity index (χ2n) is 9.28. The molecule has 172 valence electrons. The van der Waals surface area contributed by atoms with Crippen molar-refractivity contribution >= 4 is 23.4 Å². The lowest BCUT2D eigenvalue weighted by atomic mass is 10.0. The lowest BCUT2D eigenvalue weighted by Crippen LogP contribution is -2.48. The van der Waals surface area contributed by atoms with Crippen LogP contribution in [0, 0.1) is 6.92 Å². The average molecular weight is 441 g/mol. The molecule has 1 saturated heterocycles. The fourth-order valence-corrected chi connectivity index (χ4v) is 4.09. The fraction of sp³-hybridized carbons (Fsp3) is 0.565. The van der Waals surface area contributed by atoms with E-state index in [1.54, 1.807) is 17.4 Å². The second-order valence-corrected chi connectivity index (χ2v) is 9.28. The third-order valence-corrected chi connectivity index (χ3v) is 5.68. The predicted molar refractivity (Wildman–Crippen MR) is 123 cm³/mol. The number of hydrogen-bond donors (Lipinski definition) is 1. The van der Waals surface area contributed by atoms with Gasteiger partial charge in [-0.15, -0.1) is 0 Å². The Morgan fingerprint density at radius 2 is 2.00 bits per heavy atom. The topological polar surface area (TPSA) is 92.7 Å². The van der Waals surface area contributed by atoms with E-state index in [9.17, 15) is 4.79 Å². The summed E-state index contributed by atoms with van der Waals surface area (Å²) in [4.78, 5) is 29.8. The van der Waals surface area contributed by atoms with Crippen LogP contribution >= 0.6 is 0 Å². The summed E-state index contributed by atoms with van der Waals surface area (Å²) in [5.74, 6) is 2.14. The molecule has 0 aliphatic carbocycles. The van der Waals surface area contributed by atoms with Crippen molar-refractivity contribution in [1.82, 2.24) is 19.9 Å². The SMILES string of the molecule is Cc1cnccc1Nc1ncnc2c1OCCCN2C1CCN(C(=O)OC(C)(C)C)CC1. The fourth-order valence-electron chi connectivity index (χ4n) is 4.09. The van der Waals surface area contributed by atoms with E-state index in [1.807, 2.05) is 40.0 Å². The lowest BCUT2D eigenvalue weighted by molar-refractivity contribution is 0.0204. The van der Waals surface area contributed by atoms with E-state index < -0.39 is 5.60 Å². The molecular formula is C23H32N6O3. The summed E-state index contributed by atoms with van der Waals surface area (Å²) in [6, 6.07) is 2.20. The van der Waals surface area contributed by atoms with Gasteiger partial charge in [-0.05, 0) is 58.6 Å². The van der Waals surface area contributed by atoms with Crippen LogP contribution < -0.4 is 15.0 Å². The minimum atomic E-state index is -0.484. The zero-order chi connectivity index (χ0) is 22.7. The highest BCUT2D eigenvalue weighted by atomic mass is 16.6. The molecule has 2 aromatic heterocycles. The molecule has 2 aromatic rings. The molecule has 0 aromatic carbocycles. The maximum Gasteiger partial charge on any atom is 0.410 e. The van der Waals surface area contributed by atoms with Crippen molar-refractivity contribution < 1.29 is 14.3 Å². The molecule has 4 heterocycles. The minimum absolute atomic E-state index is 0.239. The molecule has 0 radical (unpaired) electrons. The number of fused-ring (bicyclic) bond motifs is 1. The van der Waals surface area contributed by atoms with E-state index in [0.29, 0.717) is 31.3 Å². The summed E-state index contributed by atoms with van der Waals surface area (Å²) >= 11 is 0. The van der Waals surface area contributed by atoms with Gasteiger partial charge in [0.05, 0.1) is 6.61 Å². The Morgan fingerprint density at radius 1 is 1.22 bits per heavy atom. The molecule has 0 bridgehead atoms. The van der Waals surface area contributed by atoms with Gasteiger partial charge < -0.3 is 24.6 Å². The van der Waals surface area contributed by atoms with Crippen molar-refractivity contribution in [3.63, 3.8) is 0 Å². The quantitative estimate of drug-likeness (QED) is 0.768. The molecule has 0 unspecified atom stereocenters.